The summed E-state index contributed by atoms with van der Waals surface area (Å²) in [7, 11) is 0. The maximum absolute atomic E-state index is 11.9. The van der Waals surface area contributed by atoms with Gasteiger partial charge in [0.05, 0.1) is 19.3 Å². The van der Waals surface area contributed by atoms with E-state index in [-0.39, 0.29) is 24.3 Å². The normalized spacial score (nSPS) is 16.6. The fourth-order valence-electron chi connectivity index (χ4n) is 1.95. The summed E-state index contributed by atoms with van der Waals surface area (Å²) in [6, 6.07) is -0.181. The molecule has 3 N–H and O–H groups in total. The third kappa shape index (κ3) is 4.48. The first-order valence-electron chi connectivity index (χ1n) is 6.92. The van der Waals surface area contributed by atoms with Crippen LogP contribution in [0, 0.1) is 0 Å². The summed E-state index contributed by atoms with van der Waals surface area (Å²) in [5.41, 5.74) is 6.06. The van der Waals surface area contributed by atoms with Crippen LogP contribution in [0.4, 0.5) is 0 Å². The molecule has 2 heterocycles. The first-order chi connectivity index (χ1) is 10.1. The average Bonchev–Trinajstić information content (AvgIpc) is 2.98. The van der Waals surface area contributed by atoms with Gasteiger partial charge in [-0.3, -0.25) is 9.59 Å². The molecule has 2 rings (SSSR count). The second-order valence-electron chi connectivity index (χ2n) is 4.86. The Labute approximate surface area is 127 Å². The molecule has 1 unspecified atom stereocenters. The van der Waals surface area contributed by atoms with E-state index in [1.807, 2.05) is 6.92 Å². The number of carbonyl (C=O) groups is 2. The number of amides is 2. The minimum Gasteiger partial charge on any atom is -0.378 e. The van der Waals surface area contributed by atoms with E-state index in [4.69, 9.17) is 10.5 Å². The van der Waals surface area contributed by atoms with E-state index in [0.29, 0.717) is 38.5 Å². The molecule has 0 radical (unpaired) electrons. The zero-order valence-corrected chi connectivity index (χ0v) is 12.8. The predicted octanol–water partition coefficient (Wildman–Crippen LogP) is 0.142. The van der Waals surface area contributed by atoms with Crippen molar-refractivity contribution < 1.29 is 14.3 Å². The molecule has 1 aromatic rings. The number of ether oxygens (including phenoxy) is 1. The molecular formula is C13H20N4O3S. The first kappa shape index (κ1) is 15.9. The van der Waals surface area contributed by atoms with E-state index in [2.05, 4.69) is 10.3 Å². The number of thiazole rings is 1. The Morgan fingerprint density at radius 3 is 2.86 bits per heavy atom. The molecule has 1 fully saturated rings. The van der Waals surface area contributed by atoms with Crippen molar-refractivity contribution in [3.8, 4) is 0 Å². The summed E-state index contributed by atoms with van der Waals surface area (Å²) in [6.45, 7) is 4.53. The highest BCUT2D eigenvalue weighted by Crippen LogP contribution is 2.15. The number of nitrogens with one attached hydrogen (secondary N) is 1. The SMILES string of the molecule is CC(N)c1nc(C(=O)NCCC(=O)N2CCOCC2)cs1. The van der Waals surface area contributed by atoms with Gasteiger partial charge >= 0.3 is 0 Å². The largest absolute Gasteiger partial charge is 0.378 e. The topological polar surface area (TPSA) is 97.5 Å². The van der Waals surface area contributed by atoms with Crippen molar-refractivity contribution in [1.29, 1.82) is 0 Å². The number of nitrogens with two attached hydrogens (primary N) is 1. The van der Waals surface area contributed by atoms with Gasteiger partial charge < -0.3 is 20.7 Å². The molecule has 0 aromatic carbocycles. The monoisotopic (exact) mass is 312 g/mol. The quantitative estimate of drug-likeness (QED) is 0.806. The first-order valence-corrected chi connectivity index (χ1v) is 7.80. The van der Waals surface area contributed by atoms with E-state index in [9.17, 15) is 9.59 Å². The molecule has 0 spiro atoms. The van der Waals surface area contributed by atoms with Gasteiger partial charge in [-0.15, -0.1) is 11.3 Å². The zero-order valence-electron chi connectivity index (χ0n) is 12.0. The van der Waals surface area contributed by atoms with Crippen molar-refractivity contribution in [3.63, 3.8) is 0 Å². The second kappa shape index (κ2) is 7.48. The van der Waals surface area contributed by atoms with Gasteiger partial charge in [0.15, 0.2) is 0 Å². The second-order valence-corrected chi connectivity index (χ2v) is 5.75. The highest BCUT2D eigenvalue weighted by molar-refractivity contribution is 7.09. The van der Waals surface area contributed by atoms with Crippen molar-refractivity contribution in [2.75, 3.05) is 32.8 Å². The molecule has 0 saturated carbocycles. The van der Waals surface area contributed by atoms with Crippen LogP contribution in [0.25, 0.3) is 0 Å². The van der Waals surface area contributed by atoms with E-state index >= 15 is 0 Å². The molecule has 1 aliphatic rings. The van der Waals surface area contributed by atoms with Gasteiger partial charge in [0, 0.05) is 31.4 Å². The maximum atomic E-state index is 11.9. The molecule has 0 bridgehead atoms. The zero-order chi connectivity index (χ0) is 15.2. The fraction of sp³-hybridized carbons (Fsp3) is 0.615. The van der Waals surface area contributed by atoms with Gasteiger partial charge in [0.25, 0.3) is 5.91 Å². The third-order valence-electron chi connectivity index (χ3n) is 3.13. The summed E-state index contributed by atoms with van der Waals surface area (Å²) in [4.78, 5) is 29.7. The van der Waals surface area contributed by atoms with Crippen molar-refractivity contribution in [2.45, 2.75) is 19.4 Å². The number of morpholine rings is 1. The summed E-state index contributed by atoms with van der Waals surface area (Å²) in [6.07, 6.45) is 0.288. The Bertz CT molecular complexity index is 497. The van der Waals surface area contributed by atoms with Crippen LogP contribution in [0.3, 0.4) is 0 Å². The van der Waals surface area contributed by atoms with Crippen LogP contribution >= 0.6 is 11.3 Å². The number of carbonyl (C=O) groups excluding carboxylic acids is 2. The average molecular weight is 312 g/mol. The maximum Gasteiger partial charge on any atom is 0.270 e. The summed E-state index contributed by atoms with van der Waals surface area (Å²) in [5.74, 6) is -0.235. The third-order valence-corrected chi connectivity index (χ3v) is 4.18. The van der Waals surface area contributed by atoms with Gasteiger partial charge in [0.1, 0.15) is 10.7 Å². The van der Waals surface area contributed by atoms with Crippen molar-refractivity contribution in [2.24, 2.45) is 5.73 Å². The Morgan fingerprint density at radius 1 is 1.52 bits per heavy atom. The molecule has 21 heavy (non-hydrogen) atoms. The summed E-state index contributed by atoms with van der Waals surface area (Å²) >= 11 is 1.36. The number of hydrogen-bond acceptors (Lipinski definition) is 6. The van der Waals surface area contributed by atoms with Crippen molar-refractivity contribution in [3.05, 3.63) is 16.1 Å². The van der Waals surface area contributed by atoms with Crippen molar-refractivity contribution in [1.82, 2.24) is 15.2 Å². The Hall–Kier alpha value is -1.51. The van der Waals surface area contributed by atoms with Gasteiger partial charge in [-0.2, -0.15) is 0 Å². The molecule has 1 atom stereocenters. The molecule has 0 aliphatic carbocycles. The predicted molar refractivity (Wildman–Crippen MR) is 79.1 cm³/mol. The van der Waals surface area contributed by atoms with Crippen LogP contribution in [0.2, 0.25) is 0 Å². The summed E-state index contributed by atoms with van der Waals surface area (Å²) < 4.78 is 5.19. The lowest BCUT2D eigenvalue weighted by Crippen LogP contribution is -2.42. The lowest BCUT2D eigenvalue weighted by Gasteiger charge is -2.26. The minimum atomic E-state index is -0.270. The standard InChI is InChI=1S/C13H20N4O3S/c1-9(14)13-16-10(8-21-13)12(19)15-3-2-11(18)17-4-6-20-7-5-17/h8-9H,2-7,14H2,1H3,(H,15,19). The smallest absolute Gasteiger partial charge is 0.270 e. The van der Waals surface area contributed by atoms with Gasteiger partial charge in [-0.05, 0) is 6.92 Å². The van der Waals surface area contributed by atoms with Crippen LogP contribution in [0.5, 0.6) is 0 Å². The summed E-state index contributed by atoms with van der Waals surface area (Å²) in [5, 5.41) is 5.11. The lowest BCUT2D eigenvalue weighted by atomic mass is 10.3. The van der Waals surface area contributed by atoms with Gasteiger partial charge in [-0.25, -0.2) is 4.98 Å². The van der Waals surface area contributed by atoms with Crippen LogP contribution in [0.15, 0.2) is 5.38 Å². The Balaban J connectivity index is 1.74. The molecule has 1 aromatic heterocycles. The van der Waals surface area contributed by atoms with E-state index in [0.717, 1.165) is 5.01 Å². The molecule has 7 nitrogen and oxygen atoms in total. The van der Waals surface area contributed by atoms with Crippen molar-refractivity contribution >= 4 is 23.2 Å². The Kier molecular flexibility index (Phi) is 5.66. The molecule has 1 aliphatic heterocycles. The highest BCUT2D eigenvalue weighted by Gasteiger charge is 2.17. The van der Waals surface area contributed by atoms with E-state index in [1.165, 1.54) is 11.3 Å². The van der Waals surface area contributed by atoms with Crippen LogP contribution in [-0.4, -0.2) is 54.5 Å². The number of hydrogen-bond donors (Lipinski definition) is 2. The van der Waals surface area contributed by atoms with E-state index in [1.54, 1.807) is 10.3 Å². The molecular weight excluding hydrogens is 292 g/mol. The Morgan fingerprint density at radius 2 is 2.24 bits per heavy atom. The fourth-order valence-corrected chi connectivity index (χ4v) is 2.70. The number of rotatable bonds is 5. The highest BCUT2D eigenvalue weighted by atomic mass is 32.1. The van der Waals surface area contributed by atoms with E-state index < -0.39 is 0 Å². The molecule has 2 amide bonds. The van der Waals surface area contributed by atoms with Crippen LogP contribution < -0.4 is 11.1 Å². The lowest BCUT2D eigenvalue weighted by molar-refractivity contribution is -0.135. The number of nitrogens with zero attached hydrogens (tertiary/aromatic N) is 2. The minimum absolute atomic E-state index is 0.0353. The van der Waals surface area contributed by atoms with Gasteiger partial charge in [-0.1, -0.05) is 0 Å². The van der Waals surface area contributed by atoms with Gasteiger partial charge in [0.2, 0.25) is 5.91 Å². The number of aromatic nitrogens is 1. The van der Waals surface area contributed by atoms with Crippen LogP contribution in [0.1, 0.15) is 34.9 Å². The molecule has 8 heteroatoms. The van der Waals surface area contributed by atoms with Crippen LogP contribution in [-0.2, 0) is 9.53 Å². The molecule has 1 saturated heterocycles. The molecule has 116 valence electrons.